The third-order valence-corrected chi connectivity index (χ3v) is 2.59. The van der Waals surface area contributed by atoms with Gasteiger partial charge in [0.2, 0.25) is 0 Å². The molecule has 76 valence electrons. The summed E-state index contributed by atoms with van der Waals surface area (Å²) in [6, 6.07) is 0. The van der Waals surface area contributed by atoms with Crippen LogP contribution in [0.15, 0.2) is 24.8 Å². The second-order valence-corrected chi connectivity index (χ2v) is 8.63. The Morgan fingerprint density at radius 3 is 2.38 bits per heavy atom. The Bertz CT molecular complexity index is 156. The Hall–Kier alpha value is -0.343. The van der Waals surface area contributed by atoms with Crippen molar-refractivity contribution in [3.63, 3.8) is 0 Å². The van der Waals surface area contributed by atoms with Gasteiger partial charge in [-0.15, -0.1) is 6.58 Å². The van der Waals surface area contributed by atoms with Crippen LogP contribution in [-0.4, -0.2) is 14.9 Å². The summed E-state index contributed by atoms with van der Waals surface area (Å²) < 4.78 is 5.67. The van der Waals surface area contributed by atoms with Crippen molar-refractivity contribution in [3.8, 4) is 0 Å². The molecule has 0 amide bonds. The van der Waals surface area contributed by atoms with Gasteiger partial charge in [0, 0.05) is 0 Å². The molecule has 0 bridgehead atoms. The fourth-order valence-electron chi connectivity index (χ4n) is 0.864. The molecule has 0 unspecified atom stereocenters. The summed E-state index contributed by atoms with van der Waals surface area (Å²) in [6.45, 7) is 11.1. The highest BCUT2D eigenvalue weighted by Crippen LogP contribution is 2.02. The lowest BCUT2D eigenvalue weighted by atomic mass is 10.2. The van der Waals surface area contributed by atoms with Crippen LogP contribution in [0, 0.1) is 0 Å². The van der Waals surface area contributed by atoms with E-state index in [1.54, 1.807) is 0 Å². The quantitative estimate of drug-likeness (QED) is 0.344. The summed E-state index contributed by atoms with van der Waals surface area (Å²) in [5.41, 5.74) is 0. The molecule has 0 N–H and O–H groups in total. The normalized spacial score (nSPS) is 12.2. The average molecular weight is 198 g/mol. The molecule has 0 saturated carbocycles. The molecule has 0 atom stereocenters. The first kappa shape index (κ1) is 12.7. The van der Waals surface area contributed by atoms with E-state index in [-0.39, 0.29) is 0 Å². The highest BCUT2D eigenvalue weighted by atomic mass is 28.4. The van der Waals surface area contributed by atoms with E-state index in [9.17, 15) is 0 Å². The van der Waals surface area contributed by atoms with E-state index in [4.69, 9.17) is 4.43 Å². The van der Waals surface area contributed by atoms with Gasteiger partial charge in [0.25, 0.3) is 0 Å². The molecule has 0 aromatic heterocycles. The maximum Gasteiger partial charge on any atom is 0.184 e. The van der Waals surface area contributed by atoms with Gasteiger partial charge in [-0.1, -0.05) is 18.2 Å². The van der Waals surface area contributed by atoms with Crippen LogP contribution in [0.1, 0.15) is 19.3 Å². The largest absolute Gasteiger partial charge is 0.414 e. The van der Waals surface area contributed by atoms with Gasteiger partial charge in [0.05, 0.1) is 6.61 Å². The summed E-state index contributed by atoms with van der Waals surface area (Å²) >= 11 is 0. The van der Waals surface area contributed by atoms with Gasteiger partial charge >= 0.3 is 0 Å². The molecule has 0 rings (SSSR count). The molecule has 1 nitrogen and oxygen atoms in total. The van der Waals surface area contributed by atoms with E-state index in [0.29, 0.717) is 0 Å². The van der Waals surface area contributed by atoms with Crippen LogP contribution in [0.3, 0.4) is 0 Å². The number of hydrogen-bond acceptors (Lipinski definition) is 1. The zero-order valence-corrected chi connectivity index (χ0v) is 10.2. The van der Waals surface area contributed by atoms with Crippen molar-refractivity contribution in [3.05, 3.63) is 24.8 Å². The smallest absolute Gasteiger partial charge is 0.184 e. The third kappa shape index (κ3) is 11.7. The Morgan fingerprint density at radius 2 is 1.85 bits per heavy atom. The first-order chi connectivity index (χ1) is 6.06. The molecular weight excluding hydrogens is 176 g/mol. The highest BCUT2D eigenvalue weighted by molar-refractivity contribution is 6.69. The number of allylic oxidation sites excluding steroid dienone is 2. The third-order valence-electron chi connectivity index (χ3n) is 1.56. The number of rotatable bonds is 7. The predicted molar refractivity (Wildman–Crippen MR) is 62.5 cm³/mol. The number of hydrogen-bond donors (Lipinski definition) is 0. The maximum absolute atomic E-state index is 5.67. The molecule has 2 heteroatoms. The lowest BCUT2D eigenvalue weighted by molar-refractivity contribution is 0.357. The van der Waals surface area contributed by atoms with E-state index in [1.165, 1.54) is 6.42 Å². The van der Waals surface area contributed by atoms with E-state index < -0.39 is 8.32 Å². The topological polar surface area (TPSA) is 9.23 Å². The minimum atomic E-state index is -1.30. The first-order valence-corrected chi connectivity index (χ1v) is 8.37. The van der Waals surface area contributed by atoms with Gasteiger partial charge in [-0.2, -0.15) is 0 Å². The molecule has 0 heterocycles. The van der Waals surface area contributed by atoms with Crippen molar-refractivity contribution < 1.29 is 4.43 Å². The minimum absolute atomic E-state index is 0.782. The van der Waals surface area contributed by atoms with E-state index >= 15 is 0 Å². The first-order valence-electron chi connectivity index (χ1n) is 4.96. The molecule has 0 saturated heterocycles. The second kappa shape index (κ2) is 7.10. The van der Waals surface area contributed by atoms with Crippen molar-refractivity contribution in [2.24, 2.45) is 0 Å². The molecular formula is C11H22OSi. The summed E-state index contributed by atoms with van der Waals surface area (Å²) in [7, 11) is -1.30. The Labute approximate surface area is 83.6 Å². The lowest BCUT2D eigenvalue weighted by Gasteiger charge is -2.14. The lowest BCUT2D eigenvalue weighted by Crippen LogP contribution is -2.25. The second-order valence-electron chi connectivity index (χ2n) is 4.11. The molecule has 0 aliphatic rings. The van der Waals surface area contributed by atoms with Gasteiger partial charge in [0.1, 0.15) is 0 Å². The fourth-order valence-corrected chi connectivity index (χ4v) is 1.46. The average Bonchev–Trinajstić information content (AvgIpc) is 2.01. The van der Waals surface area contributed by atoms with Gasteiger partial charge in [0.15, 0.2) is 8.32 Å². The van der Waals surface area contributed by atoms with Crippen LogP contribution >= 0.6 is 0 Å². The van der Waals surface area contributed by atoms with Gasteiger partial charge in [-0.05, 0) is 38.9 Å². The van der Waals surface area contributed by atoms with Crippen LogP contribution in [0.5, 0.6) is 0 Å². The predicted octanol–water partition coefficient (Wildman–Crippen LogP) is 3.75. The van der Waals surface area contributed by atoms with Crippen molar-refractivity contribution in [1.29, 1.82) is 0 Å². The van der Waals surface area contributed by atoms with Crippen LogP contribution in [-0.2, 0) is 4.43 Å². The summed E-state index contributed by atoms with van der Waals surface area (Å²) in [5.74, 6) is 0. The van der Waals surface area contributed by atoms with E-state index in [2.05, 4.69) is 38.4 Å². The molecule has 0 fully saturated rings. The SMILES string of the molecule is C=CCCC/C=C/CO[Si](C)(C)C. The molecule has 0 aliphatic heterocycles. The zero-order valence-electron chi connectivity index (χ0n) is 9.18. The summed E-state index contributed by atoms with van der Waals surface area (Å²) in [4.78, 5) is 0. The Kier molecular flexibility index (Phi) is 6.91. The van der Waals surface area contributed by atoms with Crippen LogP contribution < -0.4 is 0 Å². The van der Waals surface area contributed by atoms with Gasteiger partial charge < -0.3 is 4.43 Å². The Morgan fingerprint density at radius 1 is 1.15 bits per heavy atom. The zero-order chi connectivity index (χ0) is 10.2. The standard InChI is InChI=1S/C11H22OSi/c1-5-6-7-8-9-10-11-12-13(2,3)4/h5,9-10H,1,6-8,11H2,2-4H3/b10-9+. The van der Waals surface area contributed by atoms with Crippen molar-refractivity contribution in [2.75, 3.05) is 6.61 Å². The fraction of sp³-hybridized carbons (Fsp3) is 0.636. The molecule has 13 heavy (non-hydrogen) atoms. The molecule has 0 aliphatic carbocycles. The van der Waals surface area contributed by atoms with Gasteiger partial charge in [-0.3, -0.25) is 0 Å². The molecule has 0 aromatic carbocycles. The minimum Gasteiger partial charge on any atom is -0.414 e. The highest BCUT2D eigenvalue weighted by Gasteiger charge is 2.11. The van der Waals surface area contributed by atoms with Crippen molar-refractivity contribution in [2.45, 2.75) is 38.9 Å². The molecule has 0 radical (unpaired) electrons. The summed E-state index contributed by atoms with van der Waals surface area (Å²) in [6.07, 6.45) is 9.74. The van der Waals surface area contributed by atoms with Gasteiger partial charge in [-0.25, -0.2) is 0 Å². The van der Waals surface area contributed by atoms with Crippen LogP contribution in [0.25, 0.3) is 0 Å². The Balaban J connectivity index is 3.27. The van der Waals surface area contributed by atoms with E-state index in [0.717, 1.165) is 19.4 Å². The molecule has 0 spiro atoms. The maximum atomic E-state index is 5.67. The van der Waals surface area contributed by atoms with Crippen LogP contribution in [0.2, 0.25) is 19.6 Å². The molecule has 0 aromatic rings. The van der Waals surface area contributed by atoms with Crippen molar-refractivity contribution >= 4 is 8.32 Å². The van der Waals surface area contributed by atoms with Crippen LogP contribution in [0.4, 0.5) is 0 Å². The monoisotopic (exact) mass is 198 g/mol. The number of unbranched alkanes of at least 4 members (excludes halogenated alkanes) is 2. The summed E-state index contributed by atoms with van der Waals surface area (Å²) in [5, 5.41) is 0. The van der Waals surface area contributed by atoms with Crippen molar-refractivity contribution in [1.82, 2.24) is 0 Å². The van der Waals surface area contributed by atoms with E-state index in [1.807, 2.05) is 6.08 Å².